The van der Waals surface area contributed by atoms with Gasteiger partial charge in [-0.15, -0.1) is 0 Å². The zero-order valence-electron chi connectivity index (χ0n) is 16.6. The number of pyridine rings is 1. The van der Waals surface area contributed by atoms with Crippen molar-refractivity contribution in [3.8, 4) is 5.75 Å². The van der Waals surface area contributed by atoms with Crippen molar-refractivity contribution in [2.45, 2.75) is 38.3 Å². The molecule has 0 bridgehead atoms. The molecule has 3 rings (SSSR count). The lowest BCUT2D eigenvalue weighted by molar-refractivity contribution is -0.275. The number of halogens is 3. The van der Waals surface area contributed by atoms with E-state index in [1.807, 2.05) is 6.07 Å². The van der Waals surface area contributed by atoms with Gasteiger partial charge in [0.15, 0.2) is 0 Å². The summed E-state index contributed by atoms with van der Waals surface area (Å²) in [5, 5.41) is 10.1. The quantitative estimate of drug-likeness (QED) is 0.527. The second-order valence-electron chi connectivity index (χ2n) is 6.90. The molecule has 31 heavy (non-hydrogen) atoms. The van der Waals surface area contributed by atoms with Crippen molar-refractivity contribution in [3.05, 3.63) is 83.6 Å². The maximum atomic E-state index is 13.4. The van der Waals surface area contributed by atoms with Crippen molar-refractivity contribution in [1.29, 1.82) is 0 Å². The number of rotatable bonds is 8. The van der Waals surface area contributed by atoms with Crippen LogP contribution in [0, 0.1) is 6.92 Å². The highest BCUT2D eigenvalue weighted by molar-refractivity contribution is 5.71. The monoisotopic (exact) mass is 435 g/mol. The number of benzene rings is 1. The number of aromatic nitrogens is 1. The first kappa shape index (κ1) is 22.4. The van der Waals surface area contributed by atoms with E-state index < -0.39 is 29.9 Å². The first-order chi connectivity index (χ1) is 14.7. The standard InChI is InChI=1S/C22H20F3NO5/c1-15-4-9-19(31-15)21(28,22(23,24)25)11-20(27)30-13-16-5-7-18(8-6-16)29-14-17-3-2-10-26-12-17/h2-10,12,28H,11,13-14H2,1H3. The molecule has 0 radical (unpaired) electrons. The molecule has 1 atom stereocenters. The van der Waals surface area contributed by atoms with Crippen molar-refractivity contribution in [1.82, 2.24) is 4.98 Å². The van der Waals surface area contributed by atoms with Crippen molar-refractivity contribution in [2.75, 3.05) is 0 Å². The molecule has 2 aromatic heterocycles. The average molecular weight is 435 g/mol. The minimum absolute atomic E-state index is 0.178. The number of hydrogen-bond acceptors (Lipinski definition) is 6. The number of esters is 1. The summed E-state index contributed by atoms with van der Waals surface area (Å²) in [6.07, 6.45) is -3.11. The summed E-state index contributed by atoms with van der Waals surface area (Å²) in [7, 11) is 0. The van der Waals surface area contributed by atoms with Gasteiger partial charge in [0.2, 0.25) is 5.60 Å². The van der Waals surface area contributed by atoms with Gasteiger partial charge in [-0.2, -0.15) is 13.2 Å². The fourth-order valence-corrected chi connectivity index (χ4v) is 2.74. The van der Waals surface area contributed by atoms with Crippen LogP contribution in [0.15, 0.2) is 65.3 Å². The number of carbonyl (C=O) groups excluding carboxylic acids is 1. The van der Waals surface area contributed by atoms with Gasteiger partial charge in [0.1, 0.15) is 30.5 Å². The molecule has 3 aromatic rings. The van der Waals surface area contributed by atoms with Crippen LogP contribution in [-0.4, -0.2) is 22.2 Å². The number of carbonyl (C=O) groups is 1. The Labute approximate surface area is 176 Å². The first-order valence-electron chi connectivity index (χ1n) is 9.30. The molecule has 164 valence electrons. The zero-order chi connectivity index (χ0) is 22.5. The van der Waals surface area contributed by atoms with Gasteiger partial charge >= 0.3 is 12.1 Å². The highest BCUT2D eigenvalue weighted by Gasteiger charge is 2.58. The van der Waals surface area contributed by atoms with Gasteiger partial charge in [-0.05, 0) is 42.8 Å². The molecule has 0 aliphatic carbocycles. The molecule has 0 saturated heterocycles. The Morgan fingerprint density at radius 3 is 2.39 bits per heavy atom. The van der Waals surface area contributed by atoms with Gasteiger partial charge in [-0.1, -0.05) is 18.2 Å². The fraction of sp³-hybridized carbons (Fsp3) is 0.273. The molecule has 0 fully saturated rings. The molecule has 0 amide bonds. The lowest BCUT2D eigenvalue weighted by Crippen LogP contribution is -2.44. The summed E-state index contributed by atoms with van der Waals surface area (Å²) >= 11 is 0. The van der Waals surface area contributed by atoms with E-state index in [9.17, 15) is 23.1 Å². The minimum atomic E-state index is -5.12. The lowest BCUT2D eigenvalue weighted by atomic mass is 9.96. The number of aryl methyl sites for hydroxylation is 1. The molecule has 0 saturated carbocycles. The van der Waals surface area contributed by atoms with Crippen molar-refractivity contribution < 1.29 is 37.0 Å². The highest BCUT2D eigenvalue weighted by Crippen LogP contribution is 2.42. The van der Waals surface area contributed by atoms with Crippen molar-refractivity contribution in [2.24, 2.45) is 0 Å². The fourth-order valence-electron chi connectivity index (χ4n) is 2.74. The Hall–Kier alpha value is -3.33. The van der Waals surface area contributed by atoms with Crippen molar-refractivity contribution in [3.63, 3.8) is 0 Å². The van der Waals surface area contributed by atoms with E-state index in [0.29, 0.717) is 17.9 Å². The maximum Gasteiger partial charge on any atom is 0.425 e. The van der Waals surface area contributed by atoms with Crippen LogP contribution in [0.3, 0.4) is 0 Å². The normalized spacial score (nSPS) is 13.5. The summed E-state index contributed by atoms with van der Waals surface area (Å²) in [4.78, 5) is 16.0. The van der Waals surface area contributed by atoms with E-state index >= 15 is 0 Å². The van der Waals surface area contributed by atoms with E-state index in [-0.39, 0.29) is 12.4 Å². The predicted octanol–water partition coefficient (Wildman–Crippen LogP) is 4.45. The van der Waals surface area contributed by atoms with E-state index in [1.54, 1.807) is 42.7 Å². The second kappa shape index (κ2) is 9.22. The first-order valence-corrected chi connectivity index (χ1v) is 9.30. The Kier molecular flexibility index (Phi) is 6.65. The largest absolute Gasteiger partial charge is 0.489 e. The number of aliphatic hydroxyl groups is 1. The Morgan fingerprint density at radius 2 is 1.81 bits per heavy atom. The SMILES string of the molecule is Cc1ccc(C(O)(CC(=O)OCc2ccc(OCc3cccnc3)cc2)C(F)(F)F)o1. The summed E-state index contributed by atoms with van der Waals surface area (Å²) in [6.45, 7) is 1.50. The molecule has 9 heteroatoms. The van der Waals surface area contributed by atoms with E-state index in [2.05, 4.69) is 4.98 Å². The molecular weight excluding hydrogens is 415 g/mol. The Balaban J connectivity index is 1.56. The van der Waals surface area contributed by atoms with Crippen LogP contribution in [0.4, 0.5) is 13.2 Å². The summed E-state index contributed by atoms with van der Waals surface area (Å²) < 4.78 is 55.7. The van der Waals surface area contributed by atoms with Gasteiger partial charge < -0.3 is 19.0 Å². The molecule has 1 N–H and O–H groups in total. The molecule has 1 unspecified atom stereocenters. The molecule has 0 aliphatic heterocycles. The van der Waals surface area contributed by atoms with E-state index in [4.69, 9.17) is 13.9 Å². The Bertz CT molecular complexity index is 1000. The van der Waals surface area contributed by atoms with Gasteiger partial charge in [-0.3, -0.25) is 9.78 Å². The van der Waals surface area contributed by atoms with Gasteiger partial charge in [0.05, 0.1) is 6.42 Å². The van der Waals surface area contributed by atoms with Crippen LogP contribution in [0.25, 0.3) is 0 Å². The molecular formula is C22H20F3NO5. The van der Waals surface area contributed by atoms with E-state index in [1.165, 1.54) is 13.0 Å². The van der Waals surface area contributed by atoms with Crippen molar-refractivity contribution >= 4 is 5.97 Å². The van der Waals surface area contributed by atoms with Crippen LogP contribution >= 0.6 is 0 Å². The smallest absolute Gasteiger partial charge is 0.425 e. The third-order valence-electron chi connectivity index (χ3n) is 4.47. The van der Waals surface area contributed by atoms with Gasteiger partial charge in [0, 0.05) is 18.0 Å². The number of hydrogen-bond donors (Lipinski definition) is 1. The van der Waals surface area contributed by atoms with Crippen LogP contribution in [-0.2, 0) is 28.3 Å². The zero-order valence-corrected chi connectivity index (χ0v) is 16.6. The number of alkyl halides is 3. The van der Waals surface area contributed by atoms with Gasteiger partial charge in [-0.25, -0.2) is 0 Å². The molecule has 1 aromatic carbocycles. The summed E-state index contributed by atoms with van der Waals surface area (Å²) in [5.74, 6) is -1.23. The minimum Gasteiger partial charge on any atom is -0.489 e. The topological polar surface area (TPSA) is 81.8 Å². The number of nitrogens with zero attached hydrogens (tertiary/aromatic N) is 1. The summed E-state index contributed by atoms with van der Waals surface area (Å²) in [5.41, 5.74) is -2.03. The number of ether oxygens (including phenoxy) is 2. The second-order valence-corrected chi connectivity index (χ2v) is 6.90. The molecule has 0 spiro atoms. The Morgan fingerprint density at radius 1 is 1.06 bits per heavy atom. The van der Waals surface area contributed by atoms with Crippen LogP contribution in [0.1, 0.15) is 29.1 Å². The summed E-state index contributed by atoms with van der Waals surface area (Å²) in [6, 6.07) is 12.5. The molecule has 2 heterocycles. The lowest BCUT2D eigenvalue weighted by Gasteiger charge is -2.27. The van der Waals surface area contributed by atoms with E-state index in [0.717, 1.165) is 11.6 Å². The molecule has 0 aliphatic rings. The van der Waals surface area contributed by atoms with Gasteiger partial charge in [0.25, 0.3) is 0 Å². The van der Waals surface area contributed by atoms with Crippen LogP contribution in [0.2, 0.25) is 0 Å². The molecule has 6 nitrogen and oxygen atoms in total. The maximum absolute atomic E-state index is 13.4. The van der Waals surface area contributed by atoms with Crippen LogP contribution < -0.4 is 4.74 Å². The van der Waals surface area contributed by atoms with Crippen LogP contribution in [0.5, 0.6) is 5.75 Å². The average Bonchev–Trinajstić information content (AvgIpc) is 3.18. The third kappa shape index (κ3) is 5.64. The third-order valence-corrected chi connectivity index (χ3v) is 4.47. The highest BCUT2D eigenvalue weighted by atomic mass is 19.4. The number of furan rings is 1. The predicted molar refractivity (Wildman–Crippen MR) is 103 cm³/mol.